The van der Waals surface area contributed by atoms with E-state index in [0.717, 1.165) is 20.5 Å². The van der Waals surface area contributed by atoms with Crippen LogP contribution in [0.15, 0.2) is 41.8 Å². The van der Waals surface area contributed by atoms with Crippen molar-refractivity contribution in [3.05, 3.63) is 58.2 Å². The average molecular weight is 376 g/mol. The first-order chi connectivity index (χ1) is 12.0. The molecule has 0 unspecified atom stereocenters. The van der Waals surface area contributed by atoms with Crippen LogP contribution < -0.4 is 10.1 Å². The molecule has 0 aliphatic heterocycles. The van der Waals surface area contributed by atoms with Crippen LogP contribution in [-0.2, 0) is 11.3 Å². The summed E-state index contributed by atoms with van der Waals surface area (Å²) < 4.78 is 19.0. The molecule has 4 nitrogen and oxygen atoms in total. The summed E-state index contributed by atoms with van der Waals surface area (Å²) in [5.74, 6) is -0.714. The molecule has 3 rings (SSSR count). The summed E-state index contributed by atoms with van der Waals surface area (Å²) in [6.45, 7) is 3.89. The van der Waals surface area contributed by atoms with Crippen molar-refractivity contribution in [3.63, 3.8) is 0 Å². The van der Waals surface area contributed by atoms with E-state index in [0.29, 0.717) is 6.54 Å². The first-order valence-electron chi connectivity index (χ1n) is 7.73. The van der Waals surface area contributed by atoms with Crippen molar-refractivity contribution in [2.24, 2.45) is 0 Å². The second-order valence-corrected chi connectivity index (χ2v) is 7.44. The molecule has 2 aromatic heterocycles. The summed E-state index contributed by atoms with van der Waals surface area (Å²) in [6.07, 6.45) is -0.790. The van der Waals surface area contributed by atoms with E-state index in [-0.39, 0.29) is 11.7 Å². The quantitative estimate of drug-likeness (QED) is 0.694. The van der Waals surface area contributed by atoms with E-state index >= 15 is 0 Å². The molecule has 0 saturated carbocycles. The van der Waals surface area contributed by atoms with Crippen LogP contribution in [0.25, 0.3) is 9.88 Å². The number of nitrogens with one attached hydrogen (secondary N) is 1. The number of nitrogens with zero attached hydrogens (tertiary/aromatic N) is 1. The molecule has 25 heavy (non-hydrogen) atoms. The number of carbonyl (C=O) groups is 1. The van der Waals surface area contributed by atoms with Crippen LogP contribution in [0.5, 0.6) is 5.75 Å². The Balaban J connectivity index is 1.60. The summed E-state index contributed by atoms with van der Waals surface area (Å²) >= 11 is 3.20. The fourth-order valence-corrected chi connectivity index (χ4v) is 3.99. The highest BCUT2D eigenvalue weighted by Crippen LogP contribution is 2.31. The maximum atomic E-state index is 13.6. The molecule has 1 aromatic carbocycles. The van der Waals surface area contributed by atoms with Crippen LogP contribution in [0.3, 0.4) is 0 Å². The van der Waals surface area contributed by atoms with Gasteiger partial charge < -0.3 is 10.1 Å². The van der Waals surface area contributed by atoms with Gasteiger partial charge in [-0.05, 0) is 37.4 Å². The summed E-state index contributed by atoms with van der Waals surface area (Å²) in [7, 11) is 0. The minimum Gasteiger partial charge on any atom is -0.478 e. The monoisotopic (exact) mass is 376 g/mol. The van der Waals surface area contributed by atoms with Gasteiger partial charge in [-0.1, -0.05) is 18.2 Å². The number of hydrogen-bond donors (Lipinski definition) is 1. The van der Waals surface area contributed by atoms with Gasteiger partial charge in [-0.25, -0.2) is 9.37 Å². The largest absolute Gasteiger partial charge is 0.478 e. The summed E-state index contributed by atoms with van der Waals surface area (Å²) in [5, 5.41) is 5.79. The molecule has 0 fully saturated rings. The third-order valence-electron chi connectivity index (χ3n) is 3.56. The van der Waals surface area contributed by atoms with Gasteiger partial charge in [0.15, 0.2) is 17.7 Å². The van der Waals surface area contributed by atoms with Crippen molar-refractivity contribution >= 4 is 28.6 Å². The second kappa shape index (κ2) is 7.76. The topological polar surface area (TPSA) is 51.2 Å². The number of para-hydroxylation sites is 1. The van der Waals surface area contributed by atoms with Crippen LogP contribution in [0.4, 0.5) is 4.39 Å². The number of halogens is 1. The predicted octanol–water partition coefficient (Wildman–Crippen LogP) is 4.40. The van der Waals surface area contributed by atoms with Crippen molar-refractivity contribution in [2.75, 3.05) is 0 Å². The lowest BCUT2D eigenvalue weighted by Gasteiger charge is -2.14. The highest BCUT2D eigenvalue weighted by Gasteiger charge is 2.17. The number of ether oxygens (including phenoxy) is 1. The molecule has 0 aliphatic carbocycles. The van der Waals surface area contributed by atoms with Gasteiger partial charge in [-0.3, -0.25) is 4.79 Å². The number of benzene rings is 1. The molecular weight excluding hydrogens is 359 g/mol. The van der Waals surface area contributed by atoms with Gasteiger partial charge >= 0.3 is 0 Å². The van der Waals surface area contributed by atoms with Crippen LogP contribution in [0, 0.1) is 12.7 Å². The number of rotatable bonds is 6. The Morgan fingerprint density at radius 2 is 2.12 bits per heavy atom. The van der Waals surface area contributed by atoms with Crippen molar-refractivity contribution < 1.29 is 13.9 Å². The lowest BCUT2D eigenvalue weighted by molar-refractivity contribution is -0.127. The van der Waals surface area contributed by atoms with Crippen LogP contribution in [0.2, 0.25) is 0 Å². The molecule has 0 spiro atoms. The summed E-state index contributed by atoms with van der Waals surface area (Å²) in [5.41, 5.74) is 0.899. The Kier molecular flexibility index (Phi) is 5.45. The van der Waals surface area contributed by atoms with Crippen molar-refractivity contribution in [2.45, 2.75) is 26.5 Å². The number of thiazole rings is 1. The Morgan fingerprint density at radius 1 is 1.32 bits per heavy atom. The Labute approximate surface area is 153 Å². The molecule has 1 amide bonds. The predicted molar refractivity (Wildman–Crippen MR) is 98.5 cm³/mol. The fourth-order valence-electron chi connectivity index (χ4n) is 2.19. The minimum absolute atomic E-state index is 0.0686. The summed E-state index contributed by atoms with van der Waals surface area (Å²) in [6, 6.07) is 10.0. The highest BCUT2D eigenvalue weighted by molar-refractivity contribution is 7.21. The van der Waals surface area contributed by atoms with Gasteiger partial charge in [0.1, 0.15) is 5.01 Å². The maximum absolute atomic E-state index is 13.6. The number of aromatic nitrogens is 1. The fraction of sp³-hybridized carbons (Fsp3) is 0.222. The smallest absolute Gasteiger partial charge is 0.261 e. The van der Waals surface area contributed by atoms with E-state index < -0.39 is 11.9 Å². The van der Waals surface area contributed by atoms with Gasteiger partial charge in [0, 0.05) is 4.88 Å². The van der Waals surface area contributed by atoms with Crippen LogP contribution in [0.1, 0.15) is 17.5 Å². The molecule has 0 saturated heterocycles. The van der Waals surface area contributed by atoms with Gasteiger partial charge in [0.2, 0.25) is 0 Å². The number of hydrogen-bond acceptors (Lipinski definition) is 5. The molecule has 0 aliphatic rings. The lowest BCUT2D eigenvalue weighted by atomic mass is 10.3. The molecule has 2 heterocycles. The first-order valence-corrected chi connectivity index (χ1v) is 9.43. The average Bonchev–Trinajstić information content (AvgIpc) is 3.24. The zero-order valence-corrected chi connectivity index (χ0v) is 15.4. The van der Waals surface area contributed by atoms with E-state index in [1.165, 1.54) is 12.1 Å². The van der Waals surface area contributed by atoms with Crippen LogP contribution >= 0.6 is 22.7 Å². The molecule has 3 aromatic rings. The standard InChI is InChI=1S/C18H17FN2O2S2/c1-11-16(25-18(21-11)15-8-5-9-24-15)10-20-17(22)12(2)23-14-7-4-3-6-13(14)19/h3-9,12H,10H2,1-2H3,(H,20,22)/t12-/m0/s1. The lowest BCUT2D eigenvalue weighted by Crippen LogP contribution is -2.36. The Bertz CT molecular complexity index is 862. The molecule has 1 N–H and O–H groups in total. The minimum atomic E-state index is -0.790. The normalized spacial score (nSPS) is 12.0. The molecule has 1 atom stereocenters. The molecule has 0 radical (unpaired) electrons. The van der Waals surface area contributed by atoms with Crippen molar-refractivity contribution in [3.8, 4) is 15.6 Å². The van der Waals surface area contributed by atoms with Crippen LogP contribution in [-0.4, -0.2) is 17.0 Å². The molecule has 0 bridgehead atoms. The van der Waals surface area contributed by atoms with E-state index in [4.69, 9.17) is 4.74 Å². The number of carbonyl (C=O) groups excluding carboxylic acids is 1. The number of aryl methyl sites for hydroxylation is 1. The number of thiophene rings is 1. The van der Waals surface area contributed by atoms with Gasteiger partial charge in [0.05, 0.1) is 17.1 Å². The van der Waals surface area contributed by atoms with E-state index in [1.807, 2.05) is 24.4 Å². The van der Waals surface area contributed by atoms with Gasteiger partial charge in [0.25, 0.3) is 5.91 Å². The second-order valence-electron chi connectivity index (χ2n) is 5.41. The van der Waals surface area contributed by atoms with Gasteiger partial charge in [-0.2, -0.15) is 0 Å². The Hall–Kier alpha value is -2.25. The SMILES string of the molecule is Cc1nc(-c2cccs2)sc1CNC(=O)[C@H](C)Oc1ccccc1F. The molecular formula is C18H17FN2O2S2. The molecule has 130 valence electrons. The third kappa shape index (κ3) is 4.24. The zero-order chi connectivity index (χ0) is 17.8. The van der Waals surface area contributed by atoms with Crippen molar-refractivity contribution in [1.29, 1.82) is 0 Å². The number of amides is 1. The highest BCUT2D eigenvalue weighted by atomic mass is 32.1. The first kappa shape index (κ1) is 17.6. The van der Waals surface area contributed by atoms with Crippen molar-refractivity contribution in [1.82, 2.24) is 10.3 Å². The third-order valence-corrected chi connectivity index (χ3v) is 5.75. The van der Waals surface area contributed by atoms with E-state index in [2.05, 4.69) is 10.3 Å². The summed E-state index contributed by atoms with van der Waals surface area (Å²) in [4.78, 5) is 18.9. The van der Waals surface area contributed by atoms with E-state index in [9.17, 15) is 9.18 Å². The Morgan fingerprint density at radius 3 is 2.84 bits per heavy atom. The van der Waals surface area contributed by atoms with E-state index in [1.54, 1.807) is 41.7 Å². The van der Waals surface area contributed by atoms with Gasteiger partial charge in [-0.15, -0.1) is 22.7 Å². The maximum Gasteiger partial charge on any atom is 0.261 e. The molecule has 7 heteroatoms. The zero-order valence-electron chi connectivity index (χ0n) is 13.8.